The highest BCUT2D eigenvalue weighted by Gasteiger charge is 2.30. The second-order valence-electron chi connectivity index (χ2n) is 15.6. The van der Waals surface area contributed by atoms with Gasteiger partial charge in [-0.25, -0.2) is 4.79 Å². The number of hydrogen-bond acceptors (Lipinski definition) is 6. The van der Waals surface area contributed by atoms with E-state index in [2.05, 4.69) is 55.7 Å². The van der Waals surface area contributed by atoms with Gasteiger partial charge in [0.05, 0.1) is 6.04 Å². The van der Waals surface area contributed by atoms with Crippen LogP contribution in [0.2, 0.25) is 0 Å². The predicted octanol–water partition coefficient (Wildman–Crippen LogP) is 10.0. The maximum absolute atomic E-state index is 13.7. The molecule has 0 spiro atoms. The van der Waals surface area contributed by atoms with Crippen molar-refractivity contribution >= 4 is 35.1 Å². The van der Waals surface area contributed by atoms with Gasteiger partial charge in [0.2, 0.25) is 11.8 Å². The number of rotatable bonds is 31. The van der Waals surface area contributed by atoms with Crippen LogP contribution in [0, 0.1) is 11.8 Å². The molecule has 2 aromatic rings. The number of hydrogen-bond donors (Lipinski definition) is 3. The largest absolute Gasteiger partial charge is 0.480 e. The van der Waals surface area contributed by atoms with Crippen molar-refractivity contribution in [3.63, 3.8) is 0 Å². The normalized spacial score (nSPS) is 13.3. The topological polar surface area (TPSA) is 147 Å². The average Bonchev–Trinajstić information content (AvgIpc) is 3.19. The van der Waals surface area contributed by atoms with Gasteiger partial charge in [0, 0.05) is 43.1 Å². The van der Waals surface area contributed by atoms with E-state index in [0.29, 0.717) is 44.1 Å². The molecule has 0 saturated heterocycles. The molecular formula is C47H70N2O7. The summed E-state index contributed by atoms with van der Waals surface area (Å²) in [7, 11) is 0. The molecule has 4 atom stereocenters. The van der Waals surface area contributed by atoms with Crippen molar-refractivity contribution in [3.8, 4) is 11.1 Å². The molecule has 2 aromatic carbocycles. The molecule has 0 aliphatic rings. The smallest absolute Gasteiger partial charge is 0.326 e. The van der Waals surface area contributed by atoms with Crippen molar-refractivity contribution in [2.75, 3.05) is 0 Å². The molecule has 9 nitrogen and oxygen atoms in total. The van der Waals surface area contributed by atoms with Gasteiger partial charge in [-0.2, -0.15) is 0 Å². The third kappa shape index (κ3) is 18.2. The summed E-state index contributed by atoms with van der Waals surface area (Å²) in [6.07, 6.45) is 13.0. The van der Waals surface area contributed by atoms with Crippen molar-refractivity contribution in [1.82, 2.24) is 10.6 Å². The summed E-state index contributed by atoms with van der Waals surface area (Å²) in [5.41, 5.74) is 4.08. The molecule has 0 radical (unpaired) electrons. The molecule has 0 bridgehead atoms. The van der Waals surface area contributed by atoms with E-state index in [1.54, 1.807) is 6.92 Å². The molecule has 3 N–H and O–H groups in total. The number of unbranched alkanes of at least 4 members (excludes halogenated alkanes) is 7. The first-order chi connectivity index (χ1) is 26.9. The van der Waals surface area contributed by atoms with Crippen LogP contribution in [0.1, 0.15) is 173 Å². The molecule has 0 unspecified atom stereocenters. The Balaban J connectivity index is 1.99. The van der Waals surface area contributed by atoms with Gasteiger partial charge in [-0.15, -0.1) is 0 Å². The molecule has 310 valence electrons. The van der Waals surface area contributed by atoms with E-state index in [1.807, 2.05) is 31.2 Å². The lowest BCUT2D eigenvalue weighted by molar-refractivity contribution is -0.142. The summed E-state index contributed by atoms with van der Waals surface area (Å²) in [5.74, 6) is -3.69. The predicted molar refractivity (Wildman–Crippen MR) is 224 cm³/mol. The molecule has 2 amide bonds. The number of carboxylic acids is 1. The average molecular weight is 775 g/mol. The van der Waals surface area contributed by atoms with E-state index in [9.17, 15) is 33.9 Å². The minimum atomic E-state index is -1.10. The molecule has 0 aliphatic carbocycles. The summed E-state index contributed by atoms with van der Waals surface area (Å²) in [6.45, 7) is 9.92. The highest BCUT2D eigenvalue weighted by atomic mass is 16.4. The Kier molecular flexibility index (Phi) is 23.5. The molecule has 0 saturated carbocycles. The van der Waals surface area contributed by atoms with Crippen molar-refractivity contribution in [3.05, 3.63) is 59.7 Å². The first kappa shape index (κ1) is 48.0. The SMILES string of the molecule is CCCCC[C@H](CC(=O)CCCC(=O)c1ccc(-c2ccc(CCCC)cc2)cc1)C(=O)N[C@@H](CCCCC)C(=O)C[C@@H](C)C(=O)N[C@@H](CCCCC)C(=O)O. The number of amides is 2. The van der Waals surface area contributed by atoms with Crippen LogP contribution in [0.15, 0.2) is 48.5 Å². The highest BCUT2D eigenvalue weighted by molar-refractivity contribution is 5.97. The second-order valence-corrected chi connectivity index (χ2v) is 15.6. The number of aliphatic carboxylic acids is 1. The minimum absolute atomic E-state index is 0.0252. The van der Waals surface area contributed by atoms with Crippen molar-refractivity contribution in [1.29, 1.82) is 0 Å². The fourth-order valence-corrected chi connectivity index (χ4v) is 6.94. The number of carbonyl (C=O) groups is 6. The zero-order valence-corrected chi connectivity index (χ0v) is 35.0. The summed E-state index contributed by atoms with van der Waals surface area (Å²) in [4.78, 5) is 78.2. The van der Waals surface area contributed by atoms with Crippen molar-refractivity contribution in [2.45, 2.75) is 175 Å². The summed E-state index contributed by atoms with van der Waals surface area (Å²) in [5, 5.41) is 15.1. The van der Waals surface area contributed by atoms with Crippen LogP contribution >= 0.6 is 0 Å². The van der Waals surface area contributed by atoms with E-state index >= 15 is 0 Å². The van der Waals surface area contributed by atoms with Gasteiger partial charge in [0.15, 0.2) is 11.6 Å². The number of carbonyl (C=O) groups excluding carboxylic acids is 5. The van der Waals surface area contributed by atoms with Gasteiger partial charge in [0.1, 0.15) is 11.8 Å². The maximum atomic E-state index is 13.7. The standard InChI is InChI=1S/C47H70N2O7/c1-6-10-14-19-39(33-40(50)20-17-23-43(51)38-30-28-37(29-31-38)36-26-24-35(25-27-36)18-13-9-4)46(54)48-41(21-15-11-7-2)44(52)32-34(5)45(53)49-42(47(55)56)22-16-12-8-3/h24-31,34,39,41-42H,6-23,32-33H2,1-5H3,(H,48,54)(H,49,53)(H,55,56)/t34-,39-,41+,42+/m1/s1. The zero-order valence-electron chi connectivity index (χ0n) is 35.0. The Morgan fingerprint density at radius 2 is 1.09 bits per heavy atom. The number of nitrogens with one attached hydrogen (secondary N) is 2. The number of Topliss-reactive ketones (excluding diaryl/α,β-unsaturated/α-hetero) is 3. The monoisotopic (exact) mass is 775 g/mol. The molecule has 9 heteroatoms. The fraction of sp³-hybridized carbons (Fsp3) is 0.617. The molecule has 0 fully saturated rings. The van der Waals surface area contributed by atoms with Gasteiger partial charge in [-0.3, -0.25) is 24.0 Å². The summed E-state index contributed by atoms with van der Waals surface area (Å²) >= 11 is 0. The second kappa shape index (κ2) is 27.5. The van der Waals surface area contributed by atoms with Crippen LogP contribution in [-0.2, 0) is 30.4 Å². The van der Waals surface area contributed by atoms with Crippen molar-refractivity contribution in [2.24, 2.45) is 11.8 Å². The van der Waals surface area contributed by atoms with E-state index in [1.165, 1.54) is 12.0 Å². The Morgan fingerprint density at radius 3 is 1.64 bits per heavy atom. The molecule has 0 heterocycles. The number of carboxylic acid groups (broad SMARTS) is 1. The molecule has 0 aromatic heterocycles. The lowest BCUT2D eigenvalue weighted by atomic mass is 9.91. The van der Waals surface area contributed by atoms with E-state index < -0.39 is 35.8 Å². The third-order valence-corrected chi connectivity index (χ3v) is 10.6. The number of benzene rings is 2. The van der Waals surface area contributed by atoms with Gasteiger partial charge >= 0.3 is 5.97 Å². The van der Waals surface area contributed by atoms with E-state index in [-0.39, 0.29) is 48.9 Å². The fourth-order valence-electron chi connectivity index (χ4n) is 6.94. The van der Waals surface area contributed by atoms with Crippen LogP contribution < -0.4 is 10.6 Å². The number of ketones is 3. The quantitative estimate of drug-likeness (QED) is 0.0510. The molecular weight excluding hydrogens is 705 g/mol. The molecule has 56 heavy (non-hydrogen) atoms. The Morgan fingerprint density at radius 1 is 0.571 bits per heavy atom. The third-order valence-electron chi connectivity index (χ3n) is 10.6. The summed E-state index contributed by atoms with van der Waals surface area (Å²) < 4.78 is 0. The van der Waals surface area contributed by atoms with Crippen LogP contribution in [-0.4, -0.2) is 52.3 Å². The Labute approximate surface area is 336 Å². The van der Waals surface area contributed by atoms with Crippen molar-refractivity contribution < 1.29 is 33.9 Å². The van der Waals surface area contributed by atoms with Gasteiger partial charge in [-0.1, -0.05) is 147 Å². The Bertz CT molecular complexity index is 1500. The van der Waals surface area contributed by atoms with Crippen LogP contribution in [0.3, 0.4) is 0 Å². The first-order valence-electron chi connectivity index (χ1n) is 21.5. The lowest BCUT2D eigenvalue weighted by Gasteiger charge is -2.23. The van der Waals surface area contributed by atoms with Gasteiger partial charge < -0.3 is 15.7 Å². The summed E-state index contributed by atoms with van der Waals surface area (Å²) in [6, 6.07) is 14.3. The molecule has 2 rings (SSSR count). The molecule has 0 aliphatic heterocycles. The minimum Gasteiger partial charge on any atom is -0.480 e. The van der Waals surface area contributed by atoms with Gasteiger partial charge in [0.25, 0.3) is 0 Å². The van der Waals surface area contributed by atoms with Gasteiger partial charge in [-0.05, 0) is 55.2 Å². The highest BCUT2D eigenvalue weighted by Crippen LogP contribution is 2.23. The Hall–Kier alpha value is -4.14. The van der Waals surface area contributed by atoms with Crippen LogP contribution in [0.25, 0.3) is 11.1 Å². The first-order valence-corrected chi connectivity index (χ1v) is 21.5. The number of aryl methyl sites for hydroxylation is 1. The van der Waals surface area contributed by atoms with E-state index in [0.717, 1.165) is 68.9 Å². The van der Waals surface area contributed by atoms with Crippen LogP contribution in [0.4, 0.5) is 0 Å². The zero-order chi connectivity index (χ0) is 41.3. The maximum Gasteiger partial charge on any atom is 0.326 e. The van der Waals surface area contributed by atoms with E-state index in [4.69, 9.17) is 0 Å². The van der Waals surface area contributed by atoms with Crippen LogP contribution in [0.5, 0.6) is 0 Å². The lowest BCUT2D eigenvalue weighted by Crippen LogP contribution is -2.46.